The number of nitrogens with one attached hydrogen (secondary N) is 1. The average Bonchev–Trinajstić information content (AvgIpc) is 2.57. The minimum atomic E-state index is -1.00. The number of aliphatic carboxylic acids is 1. The van der Waals surface area contributed by atoms with Crippen LogP contribution in [0.15, 0.2) is 21.9 Å². The number of carbonyl (C=O) groups excluding carboxylic acids is 1. The van der Waals surface area contributed by atoms with Crippen molar-refractivity contribution in [2.45, 2.75) is 6.92 Å². The van der Waals surface area contributed by atoms with Gasteiger partial charge in [0.05, 0.1) is 23.2 Å². The number of carboxylic acid groups (broad SMARTS) is 1. The number of carboxylic acids is 1. The fourth-order valence-corrected chi connectivity index (χ4v) is 2.32. The summed E-state index contributed by atoms with van der Waals surface area (Å²) in [4.78, 5) is 52.4. The van der Waals surface area contributed by atoms with Crippen molar-refractivity contribution in [3.63, 3.8) is 0 Å². The van der Waals surface area contributed by atoms with Crippen molar-refractivity contribution in [2.75, 3.05) is 18.9 Å². The maximum absolute atomic E-state index is 12.2. The minimum absolute atomic E-state index is 0.0262. The van der Waals surface area contributed by atoms with Gasteiger partial charge in [-0.05, 0) is 6.07 Å². The molecular formula is C15H19N5O5. The SMILES string of the molecule is CC(CN(C)C(=O)Nc1cnc2c(c1)c(=O)n(C)c(=O)n2C)C(=O)O. The Kier molecular flexibility index (Phi) is 4.91. The molecule has 2 heterocycles. The Hall–Kier alpha value is -3.17. The largest absolute Gasteiger partial charge is 0.481 e. The fraction of sp³-hybridized carbons (Fsp3) is 0.400. The van der Waals surface area contributed by atoms with Gasteiger partial charge in [0.2, 0.25) is 0 Å². The summed E-state index contributed by atoms with van der Waals surface area (Å²) in [6.07, 6.45) is 1.33. The highest BCUT2D eigenvalue weighted by atomic mass is 16.4. The van der Waals surface area contributed by atoms with Gasteiger partial charge in [-0.2, -0.15) is 0 Å². The number of urea groups is 1. The molecule has 0 aliphatic carbocycles. The van der Waals surface area contributed by atoms with Crippen molar-refractivity contribution in [1.82, 2.24) is 19.0 Å². The Bertz CT molecular complexity index is 961. The molecule has 10 nitrogen and oxygen atoms in total. The van der Waals surface area contributed by atoms with Crippen LogP contribution in [0.3, 0.4) is 0 Å². The van der Waals surface area contributed by atoms with Crippen molar-refractivity contribution in [3.8, 4) is 0 Å². The van der Waals surface area contributed by atoms with Gasteiger partial charge < -0.3 is 15.3 Å². The summed E-state index contributed by atoms with van der Waals surface area (Å²) >= 11 is 0. The van der Waals surface area contributed by atoms with E-state index >= 15 is 0 Å². The first-order chi connectivity index (χ1) is 11.6. The molecule has 0 fully saturated rings. The fourth-order valence-electron chi connectivity index (χ4n) is 2.32. The zero-order valence-corrected chi connectivity index (χ0v) is 14.3. The monoisotopic (exact) mass is 349 g/mol. The number of anilines is 1. The van der Waals surface area contributed by atoms with E-state index < -0.39 is 29.2 Å². The number of carbonyl (C=O) groups is 2. The number of nitrogens with zero attached hydrogens (tertiary/aromatic N) is 4. The van der Waals surface area contributed by atoms with Crippen LogP contribution in [0.25, 0.3) is 11.0 Å². The number of aryl methyl sites for hydroxylation is 1. The lowest BCUT2D eigenvalue weighted by molar-refractivity contribution is -0.141. The van der Waals surface area contributed by atoms with E-state index in [2.05, 4.69) is 10.3 Å². The first-order valence-electron chi connectivity index (χ1n) is 7.44. The third kappa shape index (κ3) is 3.52. The third-order valence-electron chi connectivity index (χ3n) is 3.86. The van der Waals surface area contributed by atoms with Gasteiger partial charge in [-0.25, -0.2) is 14.6 Å². The molecule has 2 amide bonds. The highest BCUT2D eigenvalue weighted by molar-refractivity contribution is 5.91. The topological polar surface area (TPSA) is 127 Å². The number of hydrogen-bond acceptors (Lipinski definition) is 5. The molecule has 10 heteroatoms. The third-order valence-corrected chi connectivity index (χ3v) is 3.86. The van der Waals surface area contributed by atoms with Crippen LogP contribution in [-0.2, 0) is 18.9 Å². The molecule has 0 aliphatic heterocycles. The Morgan fingerprint density at radius 2 is 1.96 bits per heavy atom. The highest BCUT2D eigenvalue weighted by Gasteiger charge is 2.18. The maximum Gasteiger partial charge on any atom is 0.332 e. The van der Waals surface area contributed by atoms with Gasteiger partial charge in [-0.3, -0.25) is 18.7 Å². The first kappa shape index (κ1) is 18.2. The molecular weight excluding hydrogens is 330 g/mol. The molecule has 0 spiro atoms. The summed E-state index contributed by atoms with van der Waals surface area (Å²) < 4.78 is 2.19. The van der Waals surface area contributed by atoms with Crippen molar-refractivity contribution in [2.24, 2.45) is 20.0 Å². The second-order valence-electron chi connectivity index (χ2n) is 5.85. The van der Waals surface area contributed by atoms with Crippen LogP contribution in [0, 0.1) is 5.92 Å². The molecule has 2 rings (SSSR count). The second kappa shape index (κ2) is 6.75. The molecule has 134 valence electrons. The van der Waals surface area contributed by atoms with Crippen LogP contribution in [-0.4, -0.2) is 49.7 Å². The molecule has 2 aromatic rings. The average molecular weight is 349 g/mol. The van der Waals surface area contributed by atoms with E-state index in [1.165, 1.54) is 49.8 Å². The normalized spacial score (nSPS) is 12.0. The number of rotatable bonds is 4. The van der Waals surface area contributed by atoms with E-state index in [9.17, 15) is 19.2 Å². The number of pyridine rings is 1. The molecule has 0 radical (unpaired) electrons. The van der Waals surface area contributed by atoms with Gasteiger partial charge in [0.25, 0.3) is 5.56 Å². The number of hydrogen-bond donors (Lipinski definition) is 2. The maximum atomic E-state index is 12.2. The van der Waals surface area contributed by atoms with Crippen molar-refractivity contribution in [3.05, 3.63) is 33.1 Å². The summed E-state index contributed by atoms with van der Waals surface area (Å²) in [7, 11) is 4.32. The molecule has 0 saturated carbocycles. The molecule has 0 aliphatic rings. The van der Waals surface area contributed by atoms with Gasteiger partial charge in [-0.15, -0.1) is 0 Å². The Balaban J connectivity index is 2.31. The summed E-state index contributed by atoms with van der Waals surface area (Å²) in [6, 6.07) is 0.895. The van der Waals surface area contributed by atoms with Gasteiger partial charge in [0.1, 0.15) is 5.65 Å². The van der Waals surface area contributed by atoms with E-state index in [4.69, 9.17) is 5.11 Å². The van der Waals surface area contributed by atoms with Crippen molar-refractivity contribution in [1.29, 1.82) is 0 Å². The predicted molar refractivity (Wildman–Crippen MR) is 90.7 cm³/mol. The molecule has 1 atom stereocenters. The van der Waals surface area contributed by atoms with Crippen LogP contribution >= 0.6 is 0 Å². The lowest BCUT2D eigenvalue weighted by Gasteiger charge is -2.20. The minimum Gasteiger partial charge on any atom is -0.481 e. The first-order valence-corrected chi connectivity index (χ1v) is 7.44. The summed E-state index contributed by atoms with van der Waals surface area (Å²) in [5.74, 6) is -1.72. The van der Waals surface area contributed by atoms with Gasteiger partial charge in [-0.1, -0.05) is 6.92 Å². The van der Waals surface area contributed by atoms with Crippen molar-refractivity contribution < 1.29 is 14.7 Å². The van der Waals surface area contributed by atoms with Crippen LogP contribution in [0.2, 0.25) is 0 Å². The lowest BCUT2D eigenvalue weighted by Crippen LogP contribution is -2.38. The predicted octanol–water partition coefficient (Wildman–Crippen LogP) is -0.183. The zero-order valence-electron chi connectivity index (χ0n) is 14.3. The van der Waals surface area contributed by atoms with E-state index in [1.54, 1.807) is 0 Å². The summed E-state index contributed by atoms with van der Waals surface area (Å²) in [5, 5.41) is 11.6. The molecule has 2 N–H and O–H groups in total. The Morgan fingerprint density at radius 1 is 1.32 bits per heavy atom. The van der Waals surface area contributed by atoms with Gasteiger partial charge in [0.15, 0.2) is 0 Å². The van der Waals surface area contributed by atoms with Crippen LogP contribution in [0.4, 0.5) is 10.5 Å². The smallest absolute Gasteiger partial charge is 0.332 e. The lowest BCUT2D eigenvalue weighted by atomic mass is 10.2. The van der Waals surface area contributed by atoms with Gasteiger partial charge in [0, 0.05) is 27.7 Å². The molecule has 0 aromatic carbocycles. The van der Waals surface area contributed by atoms with Gasteiger partial charge >= 0.3 is 17.7 Å². The molecule has 2 aromatic heterocycles. The van der Waals surface area contributed by atoms with Crippen LogP contribution in [0.5, 0.6) is 0 Å². The number of fused-ring (bicyclic) bond motifs is 1. The van der Waals surface area contributed by atoms with E-state index in [0.717, 1.165) is 4.57 Å². The second-order valence-corrected chi connectivity index (χ2v) is 5.85. The molecule has 0 bridgehead atoms. The van der Waals surface area contributed by atoms with Crippen LogP contribution in [0.1, 0.15) is 6.92 Å². The molecule has 25 heavy (non-hydrogen) atoms. The standard InChI is InChI=1S/C15H19N5O5/c1-8(13(22)23)7-18(2)14(24)17-9-5-10-11(16-6-9)19(3)15(25)20(4)12(10)21/h5-6,8H,7H2,1-4H3,(H,17,24)(H,22,23). The Morgan fingerprint density at radius 3 is 2.56 bits per heavy atom. The number of aromatic nitrogens is 3. The zero-order chi connectivity index (χ0) is 18.9. The van der Waals surface area contributed by atoms with E-state index in [-0.39, 0.29) is 23.3 Å². The van der Waals surface area contributed by atoms with Crippen molar-refractivity contribution >= 4 is 28.7 Å². The van der Waals surface area contributed by atoms with E-state index in [0.29, 0.717) is 0 Å². The summed E-state index contributed by atoms with van der Waals surface area (Å²) in [6.45, 7) is 1.52. The van der Waals surface area contributed by atoms with E-state index in [1.807, 2.05) is 0 Å². The summed E-state index contributed by atoms with van der Waals surface area (Å²) in [5.41, 5.74) is -0.541. The Labute approximate surface area is 142 Å². The highest BCUT2D eigenvalue weighted by Crippen LogP contribution is 2.12. The quantitative estimate of drug-likeness (QED) is 0.788. The molecule has 1 unspecified atom stereocenters. The molecule has 0 saturated heterocycles. The van der Waals surface area contributed by atoms with Crippen LogP contribution < -0.4 is 16.6 Å². The number of amides is 2.